The van der Waals surface area contributed by atoms with Crippen molar-refractivity contribution in [3.05, 3.63) is 0 Å². The molecule has 0 spiro atoms. The molecule has 3 heteroatoms. The lowest BCUT2D eigenvalue weighted by atomic mass is 9.68. The normalized spacial score (nSPS) is 25.8. The Hall–Kier alpha value is -0.860. The molecule has 0 amide bonds. The van der Waals surface area contributed by atoms with Crippen molar-refractivity contribution in [2.24, 2.45) is 17.3 Å². The molecule has 0 saturated heterocycles. The van der Waals surface area contributed by atoms with Crippen LogP contribution in [0.25, 0.3) is 0 Å². The van der Waals surface area contributed by atoms with E-state index in [1.165, 1.54) is 0 Å². The van der Waals surface area contributed by atoms with E-state index in [1.807, 2.05) is 0 Å². The standard InChI is InChI=1S/C14H24O3/c1-5-17-13(16)9-10-8-11(14(2,3)4)6-7-12(10)15/h10-11H,5-9H2,1-4H3. The second kappa shape index (κ2) is 5.65. The smallest absolute Gasteiger partial charge is 0.306 e. The van der Waals surface area contributed by atoms with E-state index in [4.69, 9.17) is 4.74 Å². The van der Waals surface area contributed by atoms with Crippen LogP contribution >= 0.6 is 0 Å². The molecule has 1 aliphatic carbocycles. The molecule has 1 aliphatic rings. The molecule has 0 N–H and O–H groups in total. The van der Waals surface area contributed by atoms with Crippen LogP contribution in [0.3, 0.4) is 0 Å². The maximum atomic E-state index is 11.8. The van der Waals surface area contributed by atoms with Crippen LogP contribution in [-0.4, -0.2) is 18.4 Å². The molecule has 3 nitrogen and oxygen atoms in total. The van der Waals surface area contributed by atoms with Crippen molar-refractivity contribution < 1.29 is 14.3 Å². The molecule has 2 atom stereocenters. The van der Waals surface area contributed by atoms with Crippen molar-refractivity contribution in [1.82, 2.24) is 0 Å². The molecule has 0 aromatic heterocycles. The Kier molecular flexibility index (Phi) is 4.72. The van der Waals surface area contributed by atoms with Gasteiger partial charge in [-0.3, -0.25) is 9.59 Å². The van der Waals surface area contributed by atoms with E-state index < -0.39 is 0 Å². The summed E-state index contributed by atoms with van der Waals surface area (Å²) in [5.74, 6) is 0.408. The number of hydrogen-bond donors (Lipinski definition) is 0. The maximum absolute atomic E-state index is 11.8. The molecule has 98 valence electrons. The van der Waals surface area contributed by atoms with Crippen LogP contribution in [0.5, 0.6) is 0 Å². The first kappa shape index (κ1) is 14.2. The Morgan fingerprint density at radius 1 is 1.41 bits per heavy atom. The molecule has 2 unspecified atom stereocenters. The van der Waals surface area contributed by atoms with E-state index in [0.29, 0.717) is 18.9 Å². The van der Waals surface area contributed by atoms with Crippen LogP contribution in [0.4, 0.5) is 0 Å². The first-order valence-corrected chi connectivity index (χ1v) is 6.53. The van der Waals surface area contributed by atoms with Crippen molar-refractivity contribution >= 4 is 11.8 Å². The Balaban J connectivity index is 2.58. The van der Waals surface area contributed by atoms with E-state index in [2.05, 4.69) is 20.8 Å². The highest BCUT2D eigenvalue weighted by atomic mass is 16.5. The summed E-state index contributed by atoms with van der Waals surface area (Å²) in [6.07, 6.45) is 2.67. The summed E-state index contributed by atoms with van der Waals surface area (Å²) in [4.78, 5) is 23.2. The van der Waals surface area contributed by atoms with Gasteiger partial charge in [-0.25, -0.2) is 0 Å². The van der Waals surface area contributed by atoms with Gasteiger partial charge < -0.3 is 4.74 Å². The van der Waals surface area contributed by atoms with Gasteiger partial charge in [-0.15, -0.1) is 0 Å². The number of carbonyl (C=O) groups excluding carboxylic acids is 2. The Labute approximate surface area is 104 Å². The summed E-state index contributed by atoms with van der Waals surface area (Å²) < 4.78 is 4.92. The van der Waals surface area contributed by atoms with Gasteiger partial charge in [0, 0.05) is 12.3 Å². The second-order valence-corrected chi connectivity index (χ2v) is 6.01. The molecule has 0 aromatic rings. The van der Waals surface area contributed by atoms with E-state index in [9.17, 15) is 9.59 Å². The predicted molar refractivity (Wildman–Crippen MR) is 66.5 cm³/mol. The monoisotopic (exact) mass is 240 g/mol. The Bertz CT molecular complexity index is 288. The minimum Gasteiger partial charge on any atom is -0.466 e. The van der Waals surface area contributed by atoms with E-state index in [1.54, 1.807) is 6.92 Å². The van der Waals surface area contributed by atoms with Crippen molar-refractivity contribution in [2.75, 3.05) is 6.61 Å². The first-order valence-electron chi connectivity index (χ1n) is 6.53. The van der Waals surface area contributed by atoms with Gasteiger partial charge in [0.1, 0.15) is 5.78 Å². The first-order chi connectivity index (χ1) is 7.84. The van der Waals surface area contributed by atoms with Crippen LogP contribution in [0.2, 0.25) is 0 Å². The van der Waals surface area contributed by atoms with Crippen LogP contribution in [-0.2, 0) is 14.3 Å². The lowest BCUT2D eigenvalue weighted by Gasteiger charge is -2.36. The van der Waals surface area contributed by atoms with Crippen LogP contribution in [0.15, 0.2) is 0 Å². The minimum atomic E-state index is -0.236. The van der Waals surface area contributed by atoms with Gasteiger partial charge in [-0.2, -0.15) is 0 Å². The third-order valence-electron chi connectivity index (χ3n) is 3.71. The van der Waals surface area contributed by atoms with Crippen molar-refractivity contribution in [3.8, 4) is 0 Å². The van der Waals surface area contributed by atoms with Crippen LogP contribution < -0.4 is 0 Å². The average Bonchev–Trinajstić information content (AvgIpc) is 2.20. The number of rotatable bonds is 3. The van der Waals surface area contributed by atoms with E-state index in [-0.39, 0.29) is 29.5 Å². The summed E-state index contributed by atoms with van der Waals surface area (Å²) >= 11 is 0. The fourth-order valence-corrected chi connectivity index (χ4v) is 2.52. The van der Waals surface area contributed by atoms with Crippen LogP contribution in [0, 0.1) is 17.3 Å². The summed E-state index contributed by atoms with van der Waals surface area (Å²) in [7, 11) is 0. The quantitative estimate of drug-likeness (QED) is 0.712. The van der Waals surface area contributed by atoms with E-state index in [0.717, 1.165) is 12.8 Å². The summed E-state index contributed by atoms with van der Waals surface area (Å²) in [5.41, 5.74) is 0.216. The van der Waals surface area contributed by atoms with Crippen molar-refractivity contribution in [1.29, 1.82) is 0 Å². The third kappa shape index (κ3) is 4.14. The molecule has 0 aliphatic heterocycles. The Morgan fingerprint density at radius 2 is 2.06 bits per heavy atom. The second-order valence-electron chi connectivity index (χ2n) is 6.01. The molecule has 1 rings (SSSR count). The zero-order chi connectivity index (χ0) is 13.1. The lowest BCUT2D eigenvalue weighted by Crippen LogP contribution is -2.33. The van der Waals surface area contributed by atoms with Gasteiger partial charge in [-0.05, 0) is 31.1 Å². The van der Waals surface area contributed by atoms with Gasteiger partial charge in [0.2, 0.25) is 0 Å². The molecule has 1 saturated carbocycles. The SMILES string of the molecule is CCOC(=O)CC1CC(C(C)(C)C)CCC1=O. The summed E-state index contributed by atoms with van der Waals surface area (Å²) in [5, 5.41) is 0. The number of esters is 1. The fourth-order valence-electron chi connectivity index (χ4n) is 2.52. The fraction of sp³-hybridized carbons (Fsp3) is 0.857. The zero-order valence-corrected chi connectivity index (χ0v) is 11.4. The summed E-state index contributed by atoms with van der Waals surface area (Å²) in [6, 6.07) is 0. The number of ether oxygens (including phenoxy) is 1. The van der Waals surface area contributed by atoms with Crippen molar-refractivity contribution in [3.63, 3.8) is 0 Å². The average molecular weight is 240 g/mol. The molecule has 0 aromatic carbocycles. The molecule has 17 heavy (non-hydrogen) atoms. The highest BCUT2D eigenvalue weighted by molar-refractivity contribution is 5.86. The van der Waals surface area contributed by atoms with E-state index >= 15 is 0 Å². The maximum Gasteiger partial charge on any atom is 0.306 e. The third-order valence-corrected chi connectivity index (χ3v) is 3.71. The highest BCUT2D eigenvalue weighted by Crippen LogP contribution is 2.39. The predicted octanol–water partition coefficient (Wildman–Crippen LogP) is 2.97. The number of hydrogen-bond acceptors (Lipinski definition) is 3. The lowest BCUT2D eigenvalue weighted by molar-refractivity contribution is -0.147. The largest absolute Gasteiger partial charge is 0.466 e. The molecule has 0 bridgehead atoms. The number of ketones is 1. The molecule has 0 radical (unpaired) electrons. The minimum absolute atomic E-state index is 0.118. The van der Waals surface area contributed by atoms with Gasteiger partial charge in [0.25, 0.3) is 0 Å². The Morgan fingerprint density at radius 3 is 2.59 bits per heavy atom. The zero-order valence-electron chi connectivity index (χ0n) is 11.4. The van der Waals surface area contributed by atoms with Gasteiger partial charge >= 0.3 is 5.97 Å². The number of carbonyl (C=O) groups is 2. The topological polar surface area (TPSA) is 43.4 Å². The van der Waals surface area contributed by atoms with Gasteiger partial charge in [0.05, 0.1) is 13.0 Å². The summed E-state index contributed by atoms with van der Waals surface area (Å²) in [6.45, 7) is 8.79. The van der Waals surface area contributed by atoms with Gasteiger partial charge in [0.15, 0.2) is 0 Å². The number of Topliss-reactive ketones (excluding diaryl/α,β-unsaturated/α-hetero) is 1. The molecule has 1 fully saturated rings. The van der Waals surface area contributed by atoms with Crippen molar-refractivity contribution in [2.45, 2.75) is 53.4 Å². The molecular weight excluding hydrogens is 216 g/mol. The molecular formula is C14H24O3. The highest BCUT2D eigenvalue weighted by Gasteiger charge is 2.35. The molecule has 0 heterocycles. The van der Waals surface area contributed by atoms with Gasteiger partial charge in [-0.1, -0.05) is 20.8 Å². The van der Waals surface area contributed by atoms with Crippen LogP contribution in [0.1, 0.15) is 53.4 Å².